The lowest BCUT2D eigenvalue weighted by molar-refractivity contribution is 0.151. The van der Waals surface area contributed by atoms with E-state index < -0.39 is 6.43 Å². The molecule has 0 aliphatic heterocycles. The fourth-order valence-electron chi connectivity index (χ4n) is 1.10. The number of nitrogens with one attached hydrogen (secondary N) is 1. The zero-order chi connectivity index (χ0) is 10.6. The summed E-state index contributed by atoms with van der Waals surface area (Å²) in [6.07, 6.45) is -2.39. The Bertz CT molecular complexity index is 358. The van der Waals surface area contributed by atoms with E-state index in [1.54, 1.807) is 0 Å². The molecule has 0 heterocycles. The minimum absolute atomic E-state index is 0.111. The molecule has 0 aliphatic rings. The first-order valence-corrected chi connectivity index (χ1v) is 3.93. The van der Waals surface area contributed by atoms with Crippen molar-refractivity contribution < 1.29 is 8.78 Å². The number of halogens is 2. The highest BCUT2D eigenvalue weighted by atomic mass is 19.3. The van der Waals surface area contributed by atoms with Crippen LogP contribution in [0.15, 0.2) is 18.2 Å². The second-order valence-electron chi connectivity index (χ2n) is 2.70. The number of hydrogen-bond acceptors (Lipinski definition) is 3. The molecule has 0 amide bonds. The molecule has 74 valence electrons. The van der Waals surface area contributed by atoms with E-state index in [0.29, 0.717) is 11.3 Å². The van der Waals surface area contributed by atoms with E-state index in [4.69, 9.17) is 11.1 Å². The fraction of sp³-hybridized carbons (Fsp3) is 0.222. The van der Waals surface area contributed by atoms with E-state index in [1.165, 1.54) is 18.2 Å². The molecule has 0 fully saturated rings. The third-order valence-corrected chi connectivity index (χ3v) is 1.81. The summed E-state index contributed by atoms with van der Waals surface area (Å²) in [5.74, 6) is 5.15. The number of nitrogens with two attached hydrogens (primary N) is 1. The van der Waals surface area contributed by atoms with Crippen LogP contribution < -0.4 is 11.3 Å². The number of rotatable bonds is 3. The van der Waals surface area contributed by atoms with Crippen LogP contribution >= 0.6 is 0 Å². The molecule has 0 radical (unpaired) electrons. The molecule has 0 unspecified atom stereocenters. The summed E-state index contributed by atoms with van der Waals surface area (Å²) >= 11 is 0. The minimum Gasteiger partial charge on any atom is -0.324 e. The van der Waals surface area contributed by atoms with Crippen LogP contribution in [0.2, 0.25) is 0 Å². The van der Waals surface area contributed by atoms with Gasteiger partial charge in [-0.3, -0.25) is 5.84 Å². The molecular weight excluding hydrogens is 188 g/mol. The molecule has 5 heteroatoms. The molecule has 0 saturated heterocycles. The van der Waals surface area contributed by atoms with Crippen molar-refractivity contribution >= 4 is 5.69 Å². The van der Waals surface area contributed by atoms with Crippen LogP contribution in [0.1, 0.15) is 17.6 Å². The number of hydrogen-bond donors (Lipinski definition) is 2. The molecule has 14 heavy (non-hydrogen) atoms. The van der Waals surface area contributed by atoms with Crippen molar-refractivity contribution in [3.05, 3.63) is 29.3 Å². The first-order chi connectivity index (χ1) is 6.69. The van der Waals surface area contributed by atoms with Crippen molar-refractivity contribution in [3.8, 4) is 6.07 Å². The summed E-state index contributed by atoms with van der Waals surface area (Å²) in [6, 6.07) is 5.93. The molecule has 3 nitrogen and oxygen atoms in total. The molecule has 0 spiro atoms. The van der Waals surface area contributed by atoms with Crippen molar-refractivity contribution in [2.24, 2.45) is 5.84 Å². The molecule has 0 aliphatic carbocycles. The van der Waals surface area contributed by atoms with Gasteiger partial charge in [-0.2, -0.15) is 5.26 Å². The topological polar surface area (TPSA) is 61.8 Å². The van der Waals surface area contributed by atoms with E-state index in [2.05, 4.69) is 5.43 Å². The summed E-state index contributed by atoms with van der Waals surface area (Å²) in [5, 5.41) is 8.45. The van der Waals surface area contributed by atoms with E-state index in [9.17, 15) is 8.78 Å². The van der Waals surface area contributed by atoms with Crippen molar-refractivity contribution in [3.63, 3.8) is 0 Å². The normalized spacial score (nSPS) is 9.93. The SMILES string of the molecule is N#CCc1ccc(C(F)F)cc1NN. The van der Waals surface area contributed by atoms with E-state index in [-0.39, 0.29) is 12.0 Å². The van der Waals surface area contributed by atoms with Crippen LogP contribution in [0, 0.1) is 11.3 Å². The first-order valence-electron chi connectivity index (χ1n) is 3.93. The Morgan fingerprint density at radius 2 is 2.21 bits per heavy atom. The van der Waals surface area contributed by atoms with Gasteiger partial charge in [-0.05, 0) is 11.6 Å². The lowest BCUT2D eigenvalue weighted by atomic mass is 10.1. The molecule has 3 N–H and O–H groups in total. The Labute approximate surface area is 80.1 Å². The third-order valence-electron chi connectivity index (χ3n) is 1.81. The van der Waals surface area contributed by atoms with E-state index in [0.717, 1.165) is 0 Å². The minimum atomic E-state index is -2.53. The molecule has 1 aromatic carbocycles. The molecule has 0 atom stereocenters. The number of benzene rings is 1. The maximum absolute atomic E-state index is 12.3. The van der Waals surface area contributed by atoms with Gasteiger partial charge in [0.1, 0.15) is 0 Å². The lowest BCUT2D eigenvalue weighted by Crippen LogP contribution is -2.09. The predicted octanol–water partition coefficient (Wildman–Crippen LogP) is 1.98. The van der Waals surface area contributed by atoms with Gasteiger partial charge in [0.25, 0.3) is 6.43 Å². The number of nitriles is 1. The van der Waals surface area contributed by atoms with Gasteiger partial charge in [-0.25, -0.2) is 8.78 Å². The van der Waals surface area contributed by atoms with Crippen LogP contribution in [-0.4, -0.2) is 0 Å². The van der Waals surface area contributed by atoms with Crippen LogP contribution in [0.3, 0.4) is 0 Å². The molecule has 0 saturated carbocycles. The Balaban J connectivity index is 3.06. The number of anilines is 1. The van der Waals surface area contributed by atoms with Crippen LogP contribution in [-0.2, 0) is 6.42 Å². The number of nitrogens with zero attached hydrogens (tertiary/aromatic N) is 1. The Kier molecular flexibility index (Phi) is 3.37. The second kappa shape index (κ2) is 4.53. The van der Waals surface area contributed by atoms with Crippen molar-refractivity contribution in [1.29, 1.82) is 5.26 Å². The monoisotopic (exact) mass is 197 g/mol. The Morgan fingerprint density at radius 3 is 2.71 bits per heavy atom. The van der Waals surface area contributed by atoms with Gasteiger partial charge in [0.05, 0.1) is 18.2 Å². The zero-order valence-corrected chi connectivity index (χ0v) is 7.30. The highest BCUT2D eigenvalue weighted by Crippen LogP contribution is 2.24. The second-order valence-corrected chi connectivity index (χ2v) is 2.70. The maximum Gasteiger partial charge on any atom is 0.263 e. The molecular formula is C9H9F2N3. The Hall–Kier alpha value is -1.67. The van der Waals surface area contributed by atoms with Gasteiger partial charge in [-0.15, -0.1) is 0 Å². The first kappa shape index (κ1) is 10.4. The number of alkyl halides is 2. The van der Waals surface area contributed by atoms with Crippen LogP contribution in [0.4, 0.5) is 14.5 Å². The average Bonchev–Trinajstić information content (AvgIpc) is 2.18. The van der Waals surface area contributed by atoms with E-state index in [1.807, 2.05) is 6.07 Å². The van der Waals surface area contributed by atoms with Crippen molar-refractivity contribution in [2.45, 2.75) is 12.8 Å². The summed E-state index contributed by atoms with van der Waals surface area (Å²) < 4.78 is 24.5. The van der Waals surface area contributed by atoms with Gasteiger partial charge >= 0.3 is 0 Å². The van der Waals surface area contributed by atoms with Gasteiger partial charge < -0.3 is 5.43 Å². The quantitative estimate of drug-likeness (QED) is 0.575. The summed E-state index contributed by atoms with van der Waals surface area (Å²) in [5.41, 5.74) is 3.16. The smallest absolute Gasteiger partial charge is 0.263 e. The summed E-state index contributed by atoms with van der Waals surface area (Å²) in [4.78, 5) is 0. The summed E-state index contributed by atoms with van der Waals surface area (Å²) in [7, 11) is 0. The average molecular weight is 197 g/mol. The Morgan fingerprint density at radius 1 is 1.50 bits per heavy atom. The van der Waals surface area contributed by atoms with Gasteiger partial charge in [0, 0.05) is 5.56 Å². The standard InChI is InChI=1S/C9H9F2N3/c10-9(11)7-2-1-6(3-4-12)8(5-7)14-13/h1-2,5,9,14H,3,13H2. The van der Waals surface area contributed by atoms with Gasteiger partial charge in [0.15, 0.2) is 0 Å². The maximum atomic E-state index is 12.3. The molecule has 1 rings (SSSR count). The largest absolute Gasteiger partial charge is 0.324 e. The molecule has 1 aromatic rings. The lowest BCUT2D eigenvalue weighted by Gasteiger charge is -2.08. The predicted molar refractivity (Wildman–Crippen MR) is 48.5 cm³/mol. The van der Waals surface area contributed by atoms with E-state index >= 15 is 0 Å². The van der Waals surface area contributed by atoms with Crippen LogP contribution in [0.5, 0.6) is 0 Å². The number of hydrazine groups is 1. The summed E-state index contributed by atoms with van der Waals surface area (Å²) in [6.45, 7) is 0. The van der Waals surface area contributed by atoms with Crippen molar-refractivity contribution in [1.82, 2.24) is 0 Å². The molecule has 0 bridgehead atoms. The highest BCUT2D eigenvalue weighted by molar-refractivity contribution is 5.53. The fourth-order valence-corrected chi connectivity index (χ4v) is 1.10. The van der Waals surface area contributed by atoms with Gasteiger partial charge in [0.2, 0.25) is 0 Å². The molecule has 0 aromatic heterocycles. The van der Waals surface area contributed by atoms with Crippen LogP contribution in [0.25, 0.3) is 0 Å². The van der Waals surface area contributed by atoms with Gasteiger partial charge in [-0.1, -0.05) is 12.1 Å². The number of nitrogen functional groups attached to an aromatic ring is 1. The zero-order valence-electron chi connectivity index (χ0n) is 7.30. The highest BCUT2D eigenvalue weighted by Gasteiger charge is 2.09. The van der Waals surface area contributed by atoms with Crippen molar-refractivity contribution in [2.75, 3.05) is 5.43 Å². The third kappa shape index (κ3) is 2.18.